The predicted molar refractivity (Wildman–Crippen MR) is 339 cm³/mol. The molecular formula is C69H113NO8P+. The zero-order valence-corrected chi connectivity index (χ0v) is 51.4. The fourth-order valence-electron chi connectivity index (χ4n) is 7.58. The molecule has 0 aromatic rings. The van der Waals surface area contributed by atoms with E-state index in [0.29, 0.717) is 23.9 Å². The van der Waals surface area contributed by atoms with Gasteiger partial charge < -0.3 is 18.9 Å². The van der Waals surface area contributed by atoms with E-state index in [-0.39, 0.29) is 26.1 Å². The Bertz CT molecular complexity index is 1890. The maximum absolute atomic E-state index is 12.8. The molecule has 2 unspecified atom stereocenters. The summed E-state index contributed by atoms with van der Waals surface area (Å²) in [4.78, 5) is 35.7. The molecule has 0 heterocycles. The molecule has 0 bridgehead atoms. The van der Waals surface area contributed by atoms with Crippen LogP contribution in [0.15, 0.2) is 158 Å². The molecule has 9 nitrogen and oxygen atoms in total. The molecule has 0 rings (SSSR count). The SMILES string of the molecule is CC/C=C\C/C=C\C/C=C\C/C=C\C/C=C\C/C=C\C/C=C\C/C=C\C/C=C\C/C=C\C/C=C\CCCCCCCC(=O)OC(COC(=O)CCCCCCC/C=C\C/C=C\CCCCCC)COP(=O)(O)OCC[N+](C)(C)C. The Morgan fingerprint density at radius 2 is 0.722 bits per heavy atom. The van der Waals surface area contributed by atoms with E-state index in [1.165, 1.54) is 32.1 Å². The third kappa shape index (κ3) is 62.7. The van der Waals surface area contributed by atoms with Gasteiger partial charge in [-0.3, -0.25) is 18.6 Å². The number of carbonyl (C=O) groups excluding carboxylic acids is 2. The summed E-state index contributed by atoms with van der Waals surface area (Å²) in [6, 6.07) is 0. The first-order chi connectivity index (χ1) is 38.5. The van der Waals surface area contributed by atoms with Crippen LogP contribution in [0.4, 0.5) is 0 Å². The number of nitrogens with zero attached hydrogens (tertiary/aromatic N) is 1. The van der Waals surface area contributed by atoms with Crippen LogP contribution in [-0.4, -0.2) is 74.9 Å². The molecule has 0 aliphatic heterocycles. The van der Waals surface area contributed by atoms with Crippen LogP contribution in [0.3, 0.4) is 0 Å². The maximum atomic E-state index is 12.8. The molecule has 10 heteroatoms. The van der Waals surface area contributed by atoms with Crippen molar-refractivity contribution in [3.05, 3.63) is 158 Å². The number of allylic oxidation sites excluding steroid dienone is 26. The predicted octanol–water partition coefficient (Wildman–Crippen LogP) is 19.6. The van der Waals surface area contributed by atoms with Crippen LogP contribution in [0.25, 0.3) is 0 Å². The highest BCUT2D eigenvalue weighted by Crippen LogP contribution is 2.43. The first-order valence-electron chi connectivity index (χ1n) is 30.7. The van der Waals surface area contributed by atoms with E-state index in [9.17, 15) is 19.0 Å². The standard InChI is InChI=1S/C69H112NO8P/c1-6-8-10-12-14-16-18-20-22-24-25-26-27-28-29-30-31-32-33-34-35-36-37-38-39-40-41-42-43-44-45-46-48-50-52-54-56-58-60-62-69(72)78-67(66-77-79(73,74)76-64-63-70(3,4)5)65-75-68(71)61-59-57-55-53-51-49-47-23-21-19-17-15-13-11-9-7-2/h8,10,14,16-17,19-20,22-23,25-26,28-29,31-32,34-35,37-38,40-41,43-44,46-48,67H,6-7,9,11-13,15,18,21,24,27,30,33,36,39,42,45,49-66H2,1-5H3/p+1/b10-8-,16-14-,19-17-,22-20-,26-25-,29-28-,32-31-,35-34-,38-37-,41-40-,44-43-,47-23-,48-46-. The van der Waals surface area contributed by atoms with Gasteiger partial charge in [0.05, 0.1) is 27.7 Å². The highest BCUT2D eigenvalue weighted by Gasteiger charge is 2.27. The van der Waals surface area contributed by atoms with Gasteiger partial charge in [-0.2, -0.15) is 0 Å². The molecule has 0 aliphatic carbocycles. The van der Waals surface area contributed by atoms with Gasteiger partial charge in [0.2, 0.25) is 0 Å². The van der Waals surface area contributed by atoms with Gasteiger partial charge >= 0.3 is 19.8 Å². The Hall–Kier alpha value is -4.37. The second-order valence-electron chi connectivity index (χ2n) is 21.0. The van der Waals surface area contributed by atoms with E-state index in [1.54, 1.807) is 0 Å². The van der Waals surface area contributed by atoms with E-state index in [4.69, 9.17) is 18.5 Å². The largest absolute Gasteiger partial charge is 0.472 e. The zero-order chi connectivity index (χ0) is 57.7. The number of carbonyl (C=O) groups is 2. The minimum atomic E-state index is -4.41. The lowest BCUT2D eigenvalue weighted by atomic mass is 10.1. The van der Waals surface area contributed by atoms with Crippen molar-refractivity contribution in [2.45, 2.75) is 219 Å². The first kappa shape index (κ1) is 74.6. The average molecular weight is 1120 g/mol. The van der Waals surface area contributed by atoms with Crippen molar-refractivity contribution in [3.63, 3.8) is 0 Å². The maximum Gasteiger partial charge on any atom is 0.472 e. The summed E-state index contributed by atoms with van der Waals surface area (Å²) in [5.74, 6) is -0.848. The molecule has 446 valence electrons. The lowest BCUT2D eigenvalue weighted by Gasteiger charge is -2.24. The van der Waals surface area contributed by atoms with Crippen molar-refractivity contribution in [1.82, 2.24) is 0 Å². The molecule has 2 atom stereocenters. The van der Waals surface area contributed by atoms with Gasteiger partial charge in [0.25, 0.3) is 0 Å². The summed E-state index contributed by atoms with van der Waals surface area (Å²) in [5.41, 5.74) is 0. The number of ether oxygens (including phenoxy) is 2. The molecule has 0 radical (unpaired) electrons. The summed E-state index contributed by atoms with van der Waals surface area (Å²) in [6.07, 6.45) is 87.5. The number of hydrogen-bond donors (Lipinski definition) is 1. The Morgan fingerprint density at radius 3 is 1.08 bits per heavy atom. The van der Waals surface area contributed by atoms with Gasteiger partial charge in [0.15, 0.2) is 6.10 Å². The van der Waals surface area contributed by atoms with Crippen LogP contribution in [0.5, 0.6) is 0 Å². The Labute approximate surface area is 484 Å². The van der Waals surface area contributed by atoms with Gasteiger partial charge in [0.1, 0.15) is 19.8 Å². The highest BCUT2D eigenvalue weighted by atomic mass is 31.2. The number of hydrogen-bond acceptors (Lipinski definition) is 7. The molecular weight excluding hydrogens is 1000 g/mol. The molecule has 1 N–H and O–H groups in total. The van der Waals surface area contributed by atoms with Crippen LogP contribution in [0, 0.1) is 0 Å². The molecule has 79 heavy (non-hydrogen) atoms. The molecule has 0 saturated heterocycles. The lowest BCUT2D eigenvalue weighted by molar-refractivity contribution is -0.870. The highest BCUT2D eigenvalue weighted by molar-refractivity contribution is 7.47. The Kier molecular flexibility index (Phi) is 55.1. The molecule has 0 spiro atoms. The molecule has 0 saturated carbocycles. The second kappa shape index (κ2) is 58.3. The summed E-state index contributed by atoms with van der Waals surface area (Å²) >= 11 is 0. The van der Waals surface area contributed by atoms with Gasteiger partial charge in [-0.05, 0) is 128 Å². The van der Waals surface area contributed by atoms with Crippen LogP contribution >= 0.6 is 7.82 Å². The molecule has 0 amide bonds. The Balaban J connectivity index is 4.21. The second-order valence-corrected chi connectivity index (χ2v) is 22.5. The molecule has 0 aromatic heterocycles. The van der Waals surface area contributed by atoms with E-state index in [0.717, 1.165) is 141 Å². The molecule has 0 aliphatic rings. The van der Waals surface area contributed by atoms with Gasteiger partial charge in [-0.1, -0.05) is 230 Å². The van der Waals surface area contributed by atoms with Crippen LogP contribution in [-0.2, 0) is 32.7 Å². The molecule has 0 aromatic carbocycles. The smallest absolute Gasteiger partial charge is 0.462 e. The van der Waals surface area contributed by atoms with E-state index >= 15 is 0 Å². The van der Waals surface area contributed by atoms with Crippen molar-refractivity contribution in [3.8, 4) is 0 Å². The van der Waals surface area contributed by atoms with Gasteiger partial charge in [-0.25, -0.2) is 4.57 Å². The normalized spacial score (nSPS) is 14.4. The number of phosphoric acid groups is 1. The van der Waals surface area contributed by atoms with Crippen molar-refractivity contribution in [2.75, 3.05) is 47.5 Å². The van der Waals surface area contributed by atoms with Crippen LogP contribution in [0.2, 0.25) is 0 Å². The number of esters is 2. The fraction of sp³-hybridized carbons (Fsp3) is 0.594. The monoisotopic (exact) mass is 1110 g/mol. The number of likely N-dealkylation sites (N-methyl/N-ethyl adjacent to an activating group) is 1. The van der Waals surface area contributed by atoms with Crippen LogP contribution in [0.1, 0.15) is 213 Å². The summed E-state index contributed by atoms with van der Waals surface area (Å²) < 4.78 is 34.5. The third-order valence-electron chi connectivity index (χ3n) is 12.3. The summed E-state index contributed by atoms with van der Waals surface area (Å²) in [7, 11) is 1.43. The number of rotatable bonds is 54. The van der Waals surface area contributed by atoms with E-state index in [1.807, 2.05) is 21.1 Å². The number of quaternary nitrogens is 1. The minimum Gasteiger partial charge on any atom is -0.462 e. The van der Waals surface area contributed by atoms with Gasteiger partial charge in [-0.15, -0.1) is 0 Å². The van der Waals surface area contributed by atoms with E-state index in [2.05, 4.69) is 172 Å². The summed E-state index contributed by atoms with van der Waals surface area (Å²) in [6.45, 7) is 4.23. The average Bonchev–Trinajstić information content (AvgIpc) is 3.41. The van der Waals surface area contributed by atoms with Crippen molar-refractivity contribution in [1.29, 1.82) is 0 Å². The topological polar surface area (TPSA) is 108 Å². The molecule has 0 fully saturated rings. The Morgan fingerprint density at radius 1 is 0.405 bits per heavy atom. The van der Waals surface area contributed by atoms with Crippen LogP contribution < -0.4 is 0 Å². The van der Waals surface area contributed by atoms with Gasteiger partial charge in [0, 0.05) is 12.8 Å². The fourth-order valence-corrected chi connectivity index (χ4v) is 8.32. The summed E-state index contributed by atoms with van der Waals surface area (Å²) in [5, 5.41) is 0. The van der Waals surface area contributed by atoms with Crippen molar-refractivity contribution >= 4 is 19.8 Å². The number of phosphoric ester groups is 1. The third-order valence-corrected chi connectivity index (χ3v) is 13.3. The zero-order valence-electron chi connectivity index (χ0n) is 50.5. The first-order valence-corrected chi connectivity index (χ1v) is 32.2. The van der Waals surface area contributed by atoms with Crippen molar-refractivity contribution in [2.24, 2.45) is 0 Å². The lowest BCUT2D eigenvalue weighted by Crippen LogP contribution is -2.37. The van der Waals surface area contributed by atoms with E-state index < -0.39 is 32.5 Å². The quantitative estimate of drug-likeness (QED) is 0.0211. The van der Waals surface area contributed by atoms with Crippen molar-refractivity contribution < 1.29 is 42.1 Å². The number of unbranched alkanes of at least 4 members (excludes halogenated alkanes) is 14. The minimum absolute atomic E-state index is 0.0166.